The molecule has 0 bridgehead atoms. The molecule has 3 unspecified atom stereocenters. The Morgan fingerprint density at radius 1 is 1.30 bits per heavy atom. The van der Waals surface area contributed by atoms with Crippen molar-refractivity contribution in [3.63, 3.8) is 0 Å². The number of hydrogen-bond donors (Lipinski definition) is 0. The van der Waals surface area contributed by atoms with Gasteiger partial charge >= 0.3 is 0 Å². The summed E-state index contributed by atoms with van der Waals surface area (Å²) >= 11 is 0. The van der Waals surface area contributed by atoms with Crippen molar-refractivity contribution in [2.45, 2.75) is 32.1 Å². The van der Waals surface area contributed by atoms with E-state index >= 15 is 0 Å². The highest BCUT2D eigenvalue weighted by Crippen LogP contribution is 2.56. The molecule has 0 radical (unpaired) electrons. The molecule has 3 atom stereocenters. The predicted molar refractivity (Wildman–Crippen MR) is 41.6 cm³/mol. The average Bonchev–Trinajstić information content (AvgIpc) is 2.60. The van der Waals surface area contributed by atoms with Gasteiger partial charge in [0.2, 0.25) is 0 Å². The normalized spacial score (nSPS) is 49.6. The molecule has 0 saturated heterocycles. The van der Waals surface area contributed by atoms with Gasteiger partial charge in [0.15, 0.2) is 0 Å². The first-order chi connectivity index (χ1) is 4.95. The Morgan fingerprint density at radius 3 is 3.30 bits per heavy atom. The molecular weight excluding hydrogens is 120 g/mol. The van der Waals surface area contributed by atoms with E-state index in [0.29, 0.717) is 0 Å². The fourth-order valence-electron chi connectivity index (χ4n) is 3.05. The van der Waals surface area contributed by atoms with Gasteiger partial charge in [-0.3, -0.25) is 0 Å². The van der Waals surface area contributed by atoms with Gasteiger partial charge in [0.25, 0.3) is 0 Å². The minimum Gasteiger partial charge on any atom is -0.0847 e. The van der Waals surface area contributed by atoms with Gasteiger partial charge in [-0.25, -0.2) is 0 Å². The lowest BCUT2D eigenvalue weighted by molar-refractivity contribution is 0.346. The van der Waals surface area contributed by atoms with Crippen molar-refractivity contribution >= 4 is 0 Å². The van der Waals surface area contributed by atoms with E-state index in [0.717, 1.165) is 17.8 Å². The molecule has 0 nitrogen and oxygen atoms in total. The highest BCUT2D eigenvalue weighted by atomic mass is 14.5. The largest absolute Gasteiger partial charge is 0.0847 e. The van der Waals surface area contributed by atoms with Crippen molar-refractivity contribution in [2.24, 2.45) is 17.8 Å². The van der Waals surface area contributed by atoms with Crippen LogP contribution in [0, 0.1) is 17.8 Å². The standard InChI is InChI=1S/C10H14/c1-2-7-4-5-8-6-10(8)9(7)3-1/h5,7,9-10H,1-4,6H2. The first-order valence-electron chi connectivity index (χ1n) is 4.64. The molecule has 3 rings (SSSR count). The minimum absolute atomic E-state index is 1.08. The molecule has 3 aliphatic carbocycles. The maximum atomic E-state index is 2.52. The summed E-state index contributed by atoms with van der Waals surface area (Å²) in [5.74, 6) is 3.33. The highest BCUT2D eigenvalue weighted by Gasteiger charge is 2.45. The smallest absolute Gasteiger partial charge is 0.0135 e. The van der Waals surface area contributed by atoms with E-state index in [1.54, 1.807) is 6.42 Å². The fourth-order valence-corrected chi connectivity index (χ4v) is 3.05. The number of allylic oxidation sites excluding steroid dienone is 2. The maximum Gasteiger partial charge on any atom is -0.0135 e. The van der Waals surface area contributed by atoms with Crippen LogP contribution in [-0.4, -0.2) is 0 Å². The van der Waals surface area contributed by atoms with Crippen LogP contribution in [-0.2, 0) is 0 Å². The average molecular weight is 134 g/mol. The summed E-state index contributed by atoms with van der Waals surface area (Å²) < 4.78 is 0. The summed E-state index contributed by atoms with van der Waals surface area (Å²) in [7, 11) is 0. The van der Waals surface area contributed by atoms with Crippen molar-refractivity contribution in [1.82, 2.24) is 0 Å². The van der Waals surface area contributed by atoms with Gasteiger partial charge in [0.05, 0.1) is 0 Å². The molecule has 3 aliphatic rings. The van der Waals surface area contributed by atoms with Crippen LogP contribution in [0.1, 0.15) is 32.1 Å². The van der Waals surface area contributed by atoms with Gasteiger partial charge < -0.3 is 0 Å². The van der Waals surface area contributed by atoms with Crippen LogP contribution in [0.5, 0.6) is 0 Å². The number of fused-ring (bicyclic) bond motifs is 3. The van der Waals surface area contributed by atoms with Gasteiger partial charge in [-0.05, 0) is 43.4 Å². The van der Waals surface area contributed by atoms with Crippen molar-refractivity contribution in [3.8, 4) is 0 Å². The topological polar surface area (TPSA) is 0 Å². The van der Waals surface area contributed by atoms with Gasteiger partial charge in [0.1, 0.15) is 0 Å². The molecule has 54 valence electrons. The lowest BCUT2D eigenvalue weighted by atomic mass is 9.85. The maximum absolute atomic E-state index is 2.52. The summed E-state index contributed by atoms with van der Waals surface area (Å²) in [5.41, 5.74) is 1.81. The lowest BCUT2D eigenvalue weighted by Gasteiger charge is -2.19. The van der Waals surface area contributed by atoms with Crippen molar-refractivity contribution in [1.29, 1.82) is 0 Å². The quantitative estimate of drug-likeness (QED) is 0.447. The number of hydrogen-bond acceptors (Lipinski definition) is 0. The second kappa shape index (κ2) is 1.66. The first-order valence-corrected chi connectivity index (χ1v) is 4.64. The molecular formula is C10H14. The summed E-state index contributed by atoms with van der Waals surface area (Å²) in [4.78, 5) is 0. The third-order valence-corrected chi connectivity index (χ3v) is 3.69. The predicted octanol–water partition coefficient (Wildman–Crippen LogP) is 2.75. The van der Waals surface area contributed by atoms with E-state index in [1.807, 2.05) is 5.57 Å². The van der Waals surface area contributed by atoms with Crippen LogP contribution >= 0.6 is 0 Å². The van der Waals surface area contributed by atoms with E-state index in [4.69, 9.17) is 0 Å². The van der Waals surface area contributed by atoms with Crippen LogP contribution in [0.4, 0.5) is 0 Å². The van der Waals surface area contributed by atoms with Crippen molar-refractivity contribution in [3.05, 3.63) is 11.6 Å². The lowest BCUT2D eigenvalue weighted by Crippen LogP contribution is -2.11. The van der Waals surface area contributed by atoms with E-state index < -0.39 is 0 Å². The van der Waals surface area contributed by atoms with Crippen molar-refractivity contribution < 1.29 is 0 Å². The zero-order valence-electron chi connectivity index (χ0n) is 6.34. The SMILES string of the molecule is C1=C2CC2C2CCCC2C1. The Morgan fingerprint density at radius 2 is 2.30 bits per heavy atom. The summed E-state index contributed by atoms with van der Waals surface area (Å²) in [6.45, 7) is 0. The summed E-state index contributed by atoms with van der Waals surface area (Å²) in [6.07, 6.45) is 10.0. The van der Waals surface area contributed by atoms with E-state index in [2.05, 4.69) is 6.08 Å². The molecule has 10 heavy (non-hydrogen) atoms. The molecule has 0 spiro atoms. The monoisotopic (exact) mass is 134 g/mol. The molecule has 0 amide bonds. The van der Waals surface area contributed by atoms with Gasteiger partial charge in [0, 0.05) is 0 Å². The van der Waals surface area contributed by atoms with E-state index in [-0.39, 0.29) is 0 Å². The van der Waals surface area contributed by atoms with Crippen LogP contribution < -0.4 is 0 Å². The van der Waals surface area contributed by atoms with Gasteiger partial charge in [-0.15, -0.1) is 0 Å². The zero-order valence-corrected chi connectivity index (χ0v) is 6.34. The zero-order chi connectivity index (χ0) is 6.55. The second-order valence-corrected chi connectivity index (χ2v) is 4.18. The molecule has 2 saturated carbocycles. The Balaban J connectivity index is 1.92. The van der Waals surface area contributed by atoms with Crippen LogP contribution in [0.25, 0.3) is 0 Å². The third kappa shape index (κ3) is 0.574. The van der Waals surface area contributed by atoms with Gasteiger partial charge in [-0.1, -0.05) is 18.1 Å². The molecule has 0 aromatic rings. The minimum atomic E-state index is 1.08. The molecule has 0 aromatic carbocycles. The molecule has 0 heteroatoms. The molecule has 0 heterocycles. The number of rotatable bonds is 0. The Hall–Kier alpha value is -0.260. The third-order valence-electron chi connectivity index (χ3n) is 3.69. The van der Waals surface area contributed by atoms with Crippen molar-refractivity contribution in [2.75, 3.05) is 0 Å². The molecule has 2 fully saturated rings. The van der Waals surface area contributed by atoms with E-state index in [1.165, 1.54) is 25.7 Å². The summed E-state index contributed by atoms with van der Waals surface area (Å²) in [5, 5.41) is 0. The Kier molecular flexibility index (Phi) is 0.898. The molecule has 0 aromatic heterocycles. The second-order valence-electron chi connectivity index (χ2n) is 4.18. The molecule has 0 aliphatic heterocycles. The molecule has 0 N–H and O–H groups in total. The van der Waals surface area contributed by atoms with Crippen LogP contribution in [0.15, 0.2) is 11.6 Å². The Bertz CT molecular complexity index is 190. The van der Waals surface area contributed by atoms with E-state index in [9.17, 15) is 0 Å². The van der Waals surface area contributed by atoms with Crippen LogP contribution in [0.2, 0.25) is 0 Å². The van der Waals surface area contributed by atoms with Gasteiger partial charge in [-0.2, -0.15) is 0 Å². The Labute approximate surface area is 62.3 Å². The first kappa shape index (κ1) is 5.40. The summed E-state index contributed by atoms with van der Waals surface area (Å²) in [6, 6.07) is 0. The highest BCUT2D eigenvalue weighted by molar-refractivity contribution is 5.28. The fraction of sp³-hybridized carbons (Fsp3) is 0.800. The van der Waals surface area contributed by atoms with Crippen LogP contribution in [0.3, 0.4) is 0 Å².